The monoisotopic (exact) mass is 318 g/mol. The van der Waals surface area contributed by atoms with Gasteiger partial charge in [0.05, 0.1) is 10.9 Å². The van der Waals surface area contributed by atoms with Crippen molar-refractivity contribution in [1.82, 2.24) is 9.78 Å². The van der Waals surface area contributed by atoms with Gasteiger partial charge < -0.3 is 5.11 Å². The van der Waals surface area contributed by atoms with E-state index in [0.717, 1.165) is 11.1 Å². The number of aromatic carboxylic acids is 1. The summed E-state index contributed by atoms with van der Waals surface area (Å²) in [6.45, 7) is 0.527. The van der Waals surface area contributed by atoms with E-state index in [-0.39, 0.29) is 5.56 Å². The number of hydrogen-bond donors (Lipinski definition) is 1. The molecule has 0 saturated heterocycles. The Kier molecular flexibility index (Phi) is 3.77. The second-order valence-electron chi connectivity index (χ2n) is 4.52. The van der Waals surface area contributed by atoms with Gasteiger partial charge in [0, 0.05) is 17.1 Å². The maximum absolute atomic E-state index is 11.4. The van der Waals surface area contributed by atoms with Crippen LogP contribution in [0.3, 0.4) is 0 Å². The normalized spacial score (nSPS) is 10.7. The summed E-state index contributed by atoms with van der Waals surface area (Å²) in [5, 5.41) is 15.5. The van der Waals surface area contributed by atoms with Crippen molar-refractivity contribution in [2.45, 2.75) is 6.54 Å². The third-order valence-corrected chi connectivity index (χ3v) is 4.11. The van der Waals surface area contributed by atoms with Crippen LogP contribution in [0.1, 0.15) is 15.9 Å². The Hall–Kier alpha value is -2.11. The molecular weight excluding hydrogens is 308 g/mol. The Morgan fingerprint density at radius 3 is 2.71 bits per heavy atom. The molecule has 21 heavy (non-hydrogen) atoms. The van der Waals surface area contributed by atoms with E-state index >= 15 is 0 Å². The molecule has 2 heterocycles. The number of carbonyl (C=O) groups is 1. The summed E-state index contributed by atoms with van der Waals surface area (Å²) < 4.78 is 2.25. The second kappa shape index (κ2) is 5.71. The Morgan fingerprint density at radius 2 is 2.10 bits per heavy atom. The number of rotatable bonds is 4. The molecule has 0 saturated carbocycles. The molecule has 3 rings (SSSR count). The molecule has 106 valence electrons. The van der Waals surface area contributed by atoms with Crippen LogP contribution in [0.2, 0.25) is 4.34 Å². The van der Waals surface area contributed by atoms with Crippen molar-refractivity contribution in [2.24, 2.45) is 0 Å². The molecule has 2 aromatic heterocycles. The molecule has 0 spiro atoms. The molecule has 0 aliphatic heterocycles. The molecule has 1 aromatic carbocycles. The van der Waals surface area contributed by atoms with Crippen LogP contribution in [0.4, 0.5) is 0 Å². The van der Waals surface area contributed by atoms with E-state index in [1.54, 1.807) is 16.9 Å². The Morgan fingerprint density at radius 1 is 1.33 bits per heavy atom. The van der Waals surface area contributed by atoms with E-state index in [1.165, 1.54) is 11.3 Å². The standard InChI is InChI=1S/C15H11ClN2O2S/c16-13-6-11(9-21-13)14-12(15(19)20)8-18(17-14)7-10-4-2-1-3-5-10/h1-6,8-9H,7H2,(H,19,20). The minimum absolute atomic E-state index is 0.181. The van der Waals surface area contributed by atoms with Crippen LogP contribution in [-0.2, 0) is 6.54 Å². The van der Waals surface area contributed by atoms with Crippen LogP contribution < -0.4 is 0 Å². The molecule has 3 aromatic rings. The quantitative estimate of drug-likeness (QED) is 0.790. The smallest absolute Gasteiger partial charge is 0.339 e. The fourth-order valence-corrected chi connectivity index (χ4v) is 2.94. The summed E-state index contributed by atoms with van der Waals surface area (Å²) in [5.74, 6) is -0.994. The first-order valence-corrected chi connectivity index (χ1v) is 7.48. The summed E-state index contributed by atoms with van der Waals surface area (Å²) in [6.07, 6.45) is 1.55. The van der Waals surface area contributed by atoms with Gasteiger partial charge in [-0.1, -0.05) is 41.9 Å². The summed E-state index contributed by atoms with van der Waals surface area (Å²) in [7, 11) is 0. The van der Waals surface area contributed by atoms with Crippen LogP contribution in [0, 0.1) is 0 Å². The highest BCUT2D eigenvalue weighted by Gasteiger charge is 2.18. The van der Waals surface area contributed by atoms with Crippen molar-refractivity contribution in [3.8, 4) is 11.3 Å². The lowest BCUT2D eigenvalue weighted by Gasteiger charge is -2.00. The van der Waals surface area contributed by atoms with Crippen molar-refractivity contribution < 1.29 is 9.90 Å². The van der Waals surface area contributed by atoms with Gasteiger partial charge in [-0.25, -0.2) is 4.79 Å². The highest BCUT2D eigenvalue weighted by atomic mass is 35.5. The topological polar surface area (TPSA) is 55.1 Å². The molecule has 0 fully saturated rings. The lowest BCUT2D eigenvalue weighted by Crippen LogP contribution is -2.00. The Balaban J connectivity index is 1.99. The summed E-state index contributed by atoms with van der Waals surface area (Å²) in [4.78, 5) is 11.4. The van der Waals surface area contributed by atoms with E-state index in [1.807, 2.05) is 35.7 Å². The number of benzene rings is 1. The van der Waals surface area contributed by atoms with Gasteiger partial charge in [-0.3, -0.25) is 4.68 Å². The van der Waals surface area contributed by atoms with Crippen molar-refractivity contribution in [1.29, 1.82) is 0 Å². The highest BCUT2D eigenvalue weighted by Crippen LogP contribution is 2.30. The molecule has 6 heteroatoms. The third-order valence-electron chi connectivity index (χ3n) is 3.02. The first kappa shape index (κ1) is 13.9. The molecule has 0 bridgehead atoms. The highest BCUT2D eigenvalue weighted by molar-refractivity contribution is 7.14. The van der Waals surface area contributed by atoms with Crippen molar-refractivity contribution in [3.63, 3.8) is 0 Å². The second-order valence-corrected chi connectivity index (χ2v) is 6.06. The number of aromatic nitrogens is 2. The van der Waals surface area contributed by atoms with Gasteiger partial charge >= 0.3 is 5.97 Å². The van der Waals surface area contributed by atoms with E-state index < -0.39 is 5.97 Å². The van der Waals surface area contributed by atoms with E-state index in [2.05, 4.69) is 5.10 Å². The van der Waals surface area contributed by atoms with Crippen LogP contribution >= 0.6 is 22.9 Å². The molecular formula is C15H11ClN2O2S. The lowest BCUT2D eigenvalue weighted by molar-refractivity contribution is 0.0697. The predicted octanol–water partition coefficient (Wildman–Crippen LogP) is 4.01. The summed E-state index contributed by atoms with van der Waals surface area (Å²) in [6, 6.07) is 11.5. The SMILES string of the molecule is O=C(O)c1cn(Cc2ccccc2)nc1-c1csc(Cl)c1. The molecule has 0 atom stereocenters. The average molecular weight is 319 g/mol. The lowest BCUT2D eigenvalue weighted by atomic mass is 10.1. The Labute approximate surface area is 130 Å². The molecule has 1 N–H and O–H groups in total. The molecule has 4 nitrogen and oxygen atoms in total. The zero-order chi connectivity index (χ0) is 14.8. The number of nitrogens with zero attached hydrogens (tertiary/aromatic N) is 2. The van der Waals surface area contributed by atoms with E-state index in [9.17, 15) is 9.90 Å². The van der Waals surface area contributed by atoms with Crippen molar-refractivity contribution in [3.05, 3.63) is 63.4 Å². The molecule has 0 amide bonds. The van der Waals surface area contributed by atoms with Gasteiger partial charge in [-0.05, 0) is 11.6 Å². The molecule has 0 aliphatic carbocycles. The van der Waals surface area contributed by atoms with Gasteiger partial charge in [0.1, 0.15) is 11.3 Å². The number of carboxylic acids is 1. The zero-order valence-corrected chi connectivity index (χ0v) is 12.4. The minimum atomic E-state index is -0.994. The number of halogens is 1. The van der Waals surface area contributed by atoms with Crippen LogP contribution in [0.15, 0.2) is 48.0 Å². The third kappa shape index (κ3) is 2.99. The summed E-state index contributed by atoms with van der Waals surface area (Å²) >= 11 is 7.27. The minimum Gasteiger partial charge on any atom is -0.478 e. The van der Waals surface area contributed by atoms with Crippen LogP contribution in [0.5, 0.6) is 0 Å². The Bertz CT molecular complexity index is 780. The van der Waals surface area contributed by atoms with Crippen LogP contribution in [-0.4, -0.2) is 20.9 Å². The van der Waals surface area contributed by atoms with E-state index in [4.69, 9.17) is 11.6 Å². The van der Waals surface area contributed by atoms with Crippen molar-refractivity contribution in [2.75, 3.05) is 0 Å². The fourth-order valence-electron chi connectivity index (χ4n) is 2.08. The van der Waals surface area contributed by atoms with Gasteiger partial charge in [0.25, 0.3) is 0 Å². The van der Waals surface area contributed by atoms with Gasteiger partial charge in [0.2, 0.25) is 0 Å². The predicted molar refractivity (Wildman–Crippen MR) is 83.1 cm³/mol. The fraction of sp³-hybridized carbons (Fsp3) is 0.0667. The van der Waals surface area contributed by atoms with Crippen molar-refractivity contribution >= 4 is 28.9 Å². The van der Waals surface area contributed by atoms with Gasteiger partial charge in [-0.2, -0.15) is 5.10 Å². The summed E-state index contributed by atoms with van der Waals surface area (Å²) in [5.41, 5.74) is 2.42. The first-order chi connectivity index (χ1) is 10.1. The molecule has 0 aliphatic rings. The van der Waals surface area contributed by atoms with Gasteiger partial charge in [-0.15, -0.1) is 11.3 Å². The number of carboxylic acid groups (broad SMARTS) is 1. The number of hydrogen-bond acceptors (Lipinski definition) is 3. The maximum atomic E-state index is 11.4. The maximum Gasteiger partial charge on any atom is 0.339 e. The molecule has 0 radical (unpaired) electrons. The van der Waals surface area contributed by atoms with Gasteiger partial charge in [0.15, 0.2) is 0 Å². The largest absolute Gasteiger partial charge is 0.478 e. The zero-order valence-electron chi connectivity index (χ0n) is 10.9. The number of thiophene rings is 1. The van der Waals surface area contributed by atoms with E-state index in [0.29, 0.717) is 16.6 Å². The molecule has 0 unspecified atom stereocenters. The average Bonchev–Trinajstić information content (AvgIpc) is 3.06. The van der Waals surface area contributed by atoms with Crippen LogP contribution in [0.25, 0.3) is 11.3 Å². The first-order valence-electron chi connectivity index (χ1n) is 6.22.